The van der Waals surface area contributed by atoms with Crippen LogP contribution in [0.5, 0.6) is 0 Å². The van der Waals surface area contributed by atoms with Gasteiger partial charge < -0.3 is 20.3 Å². The molecule has 156 valence electrons. The van der Waals surface area contributed by atoms with E-state index in [-0.39, 0.29) is 29.4 Å². The van der Waals surface area contributed by atoms with E-state index in [1.165, 1.54) is 10.7 Å². The fourth-order valence-electron chi connectivity index (χ4n) is 2.97. The smallest absolute Gasteiger partial charge is 0.191 e. The van der Waals surface area contributed by atoms with Gasteiger partial charge in [-0.2, -0.15) is 0 Å². The van der Waals surface area contributed by atoms with Crippen LogP contribution in [0.3, 0.4) is 0 Å². The van der Waals surface area contributed by atoms with Gasteiger partial charge in [-0.1, -0.05) is 20.8 Å². The van der Waals surface area contributed by atoms with Crippen molar-refractivity contribution in [1.29, 1.82) is 0 Å². The van der Waals surface area contributed by atoms with Crippen LogP contribution in [0.4, 0.5) is 0 Å². The largest absolute Gasteiger partial charge is 0.383 e. The number of guanidine groups is 1. The Bertz CT molecular complexity index is 565. The lowest BCUT2D eigenvalue weighted by molar-refractivity contribution is 0.128. The number of hydrogen-bond acceptors (Lipinski definition) is 5. The van der Waals surface area contributed by atoms with Gasteiger partial charge >= 0.3 is 0 Å². The van der Waals surface area contributed by atoms with Crippen molar-refractivity contribution in [1.82, 2.24) is 20.5 Å². The second-order valence-corrected chi connectivity index (χ2v) is 8.82. The van der Waals surface area contributed by atoms with Crippen LogP contribution in [0.15, 0.2) is 10.4 Å². The van der Waals surface area contributed by atoms with Crippen molar-refractivity contribution in [3.05, 3.63) is 16.1 Å². The maximum atomic E-state index is 5.16. The quantitative estimate of drug-likeness (QED) is 0.336. The molecule has 2 heterocycles. The van der Waals surface area contributed by atoms with Crippen LogP contribution in [0.1, 0.15) is 44.3 Å². The van der Waals surface area contributed by atoms with Gasteiger partial charge in [0, 0.05) is 63.6 Å². The molecule has 1 aromatic heterocycles. The van der Waals surface area contributed by atoms with Gasteiger partial charge in [0.2, 0.25) is 0 Å². The van der Waals surface area contributed by atoms with Crippen LogP contribution in [-0.4, -0.2) is 68.8 Å². The summed E-state index contributed by atoms with van der Waals surface area (Å²) in [7, 11) is 3.60. The molecule has 1 aliphatic heterocycles. The Morgan fingerprint density at radius 2 is 2.07 bits per heavy atom. The van der Waals surface area contributed by atoms with Crippen molar-refractivity contribution in [2.45, 2.75) is 51.5 Å². The minimum absolute atomic E-state index is 0. The molecule has 0 aliphatic carbocycles. The van der Waals surface area contributed by atoms with E-state index in [0.717, 1.165) is 58.0 Å². The summed E-state index contributed by atoms with van der Waals surface area (Å²) in [6.07, 6.45) is 3.22. The van der Waals surface area contributed by atoms with Gasteiger partial charge in [0.05, 0.1) is 17.3 Å². The number of aliphatic imine (C=N–C) groups is 1. The zero-order valence-corrected chi connectivity index (χ0v) is 20.5. The molecule has 1 fully saturated rings. The molecule has 0 atom stereocenters. The topological polar surface area (TPSA) is 61.8 Å². The van der Waals surface area contributed by atoms with Crippen molar-refractivity contribution in [3.8, 4) is 0 Å². The summed E-state index contributed by atoms with van der Waals surface area (Å²) in [6, 6.07) is 0.493. The highest BCUT2D eigenvalue weighted by Crippen LogP contribution is 2.23. The number of nitrogens with zero attached hydrogens (tertiary/aromatic N) is 3. The monoisotopic (exact) mass is 509 g/mol. The van der Waals surface area contributed by atoms with Gasteiger partial charge in [-0.3, -0.25) is 4.99 Å². The molecule has 8 heteroatoms. The fourth-order valence-corrected chi connectivity index (χ4v) is 3.99. The first-order valence-electron chi connectivity index (χ1n) is 9.55. The average Bonchev–Trinajstić information content (AvgIpc) is 3.09. The summed E-state index contributed by atoms with van der Waals surface area (Å²) < 4.78 is 5.16. The number of nitrogens with one attached hydrogen (secondary N) is 2. The number of aromatic nitrogens is 1. The summed E-state index contributed by atoms with van der Waals surface area (Å²) in [6.45, 7) is 11.5. The number of likely N-dealkylation sites (tertiary alicyclic amines) is 1. The second kappa shape index (κ2) is 12.2. The van der Waals surface area contributed by atoms with E-state index in [1.54, 1.807) is 18.4 Å². The number of hydrogen-bond donors (Lipinski definition) is 2. The standard InChI is InChI=1S/C19H35N5OS.HI/c1-19(2,3)16-14-26-17(23-16)6-9-21-18(20-4)22-15-7-10-24(11-8-15)12-13-25-5;/h14-15H,6-13H2,1-5H3,(H2,20,21,22);1H. The van der Waals surface area contributed by atoms with E-state index in [4.69, 9.17) is 9.72 Å². The Morgan fingerprint density at radius 3 is 2.63 bits per heavy atom. The van der Waals surface area contributed by atoms with E-state index < -0.39 is 0 Å². The van der Waals surface area contributed by atoms with E-state index in [9.17, 15) is 0 Å². The Balaban J connectivity index is 0.00000364. The lowest BCUT2D eigenvalue weighted by Gasteiger charge is -2.32. The molecular formula is C19H36IN5OS. The zero-order valence-electron chi connectivity index (χ0n) is 17.4. The molecule has 6 nitrogen and oxygen atoms in total. The lowest BCUT2D eigenvalue weighted by Crippen LogP contribution is -2.49. The first-order chi connectivity index (χ1) is 12.4. The maximum absolute atomic E-state index is 5.16. The van der Waals surface area contributed by atoms with Crippen molar-refractivity contribution in [2.75, 3.05) is 46.9 Å². The first kappa shape index (κ1) is 24.6. The summed E-state index contributed by atoms with van der Waals surface area (Å²) >= 11 is 1.75. The molecule has 1 aliphatic rings. The van der Waals surface area contributed by atoms with E-state index in [2.05, 4.69) is 46.7 Å². The number of piperidine rings is 1. The lowest BCUT2D eigenvalue weighted by atomic mass is 9.93. The van der Waals surface area contributed by atoms with Crippen molar-refractivity contribution in [2.24, 2.45) is 4.99 Å². The van der Waals surface area contributed by atoms with Gasteiger partial charge in [-0.05, 0) is 12.8 Å². The summed E-state index contributed by atoms with van der Waals surface area (Å²) in [5.41, 5.74) is 1.30. The zero-order chi connectivity index (χ0) is 19.0. The van der Waals surface area contributed by atoms with Gasteiger partial charge in [-0.15, -0.1) is 35.3 Å². The molecule has 0 unspecified atom stereocenters. The summed E-state index contributed by atoms with van der Waals surface area (Å²) in [5.74, 6) is 0.896. The van der Waals surface area contributed by atoms with Crippen molar-refractivity contribution < 1.29 is 4.74 Å². The van der Waals surface area contributed by atoms with Gasteiger partial charge in [0.1, 0.15) is 0 Å². The highest BCUT2D eigenvalue weighted by molar-refractivity contribution is 14.0. The molecule has 2 rings (SSSR count). The molecule has 0 spiro atoms. The molecule has 27 heavy (non-hydrogen) atoms. The van der Waals surface area contributed by atoms with E-state index >= 15 is 0 Å². The van der Waals surface area contributed by atoms with Crippen LogP contribution in [0.2, 0.25) is 0 Å². The number of methoxy groups -OCH3 is 1. The minimum Gasteiger partial charge on any atom is -0.383 e. The Labute approximate surface area is 185 Å². The molecule has 1 saturated heterocycles. The third kappa shape index (κ3) is 8.62. The van der Waals surface area contributed by atoms with Crippen LogP contribution in [0, 0.1) is 0 Å². The van der Waals surface area contributed by atoms with Gasteiger partial charge in [-0.25, -0.2) is 4.98 Å². The second-order valence-electron chi connectivity index (χ2n) is 7.88. The highest BCUT2D eigenvalue weighted by atomic mass is 127. The molecule has 1 aromatic rings. The molecule has 0 amide bonds. The first-order valence-corrected chi connectivity index (χ1v) is 10.4. The molecular weight excluding hydrogens is 473 g/mol. The highest BCUT2D eigenvalue weighted by Gasteiger charge is 2.20. The molecule has 2 N–H and O–H groups in total. The van der Waals surface area contributed by atoms with Crippen LogP contribution in [0.25, 0.3) is 0 Å². The molecule has 0 bridgehead atoms. The Hall–Kier alpha value is -0.450. The maximum Gasteiger partial charge on any atom is 0.191 e. The average molecular weight is 510 g/mol. The van der Waals surface area contributed by atoms with Crippen molar-refractivity contribution >= 4 is 41.3 Å². The van der Waals surface area contributed by atoms with Gasteiger partial charge in [0.15, 0.2) is 5.96 Å². The Kier molecular flexibility index (Phi) is 11.1. The normalized spacial score (nSPS) is 16.9. The number of halogens is 1. The molecule has 0 aromatic carbocycles. The van der Waals surface area contributed by atoms with Gasteiger partial charge in [0.25, 0.3) is 0 Å². The number of ether oxygens (including phenoxy) is 1. The molecule has 0 radical (unpaired) electrons. The van der Waals surface area contributed by atoms with Crippen LogP contribution in [-0.2, 0) is 16.6 Å². The summed E-state index contributed by atoms with van der Waals surface area (Å²) in [5, 5.41) is 10.4. The fraction of sp³-hybridized carbons (Fsp3) is 0.789. The van der Waals surface area contributed by atoms with Crippen LogP contribution < -0.4 is 10.6 Å². The minimum atomic E-state index is 0. The van der Waals surface area contributed by atoms with E-state index in [1.807, 2.05) is 7.05 Å². The van der Waals surface area contributed by atoms with E-state index in [0.29, 0.717) is 6.04 Å². The number of thiazole rings is 1. The van der Waals surface area contributed by atoms with Crippen LogP contribution >= 0.6 is 35.3 Å². The predicted molar refractivity (Wildman–Crippen MR) is 126 cm³/mol. The van der Waals surface area contributed by atoms with Crippen molar-refractivity contribution in [3.63, 3.8) is 0 Å². The molecule has 0 saturated carbocycles. The SMILES string of the molecule is CN=C(NCCc1nc(C(C)(C)C)cs1)NC1CCN(CCOC)CC1.I. The third-order valence-electron chi connectivity index (χ3n) is 4.72. The predicted octanol–water partition coefficient (Wildman–Crippen LogP) is 2.88. The summed E-state index contributed by atoms with van der Waals surface area (Å²) in [4.78, 5) is 11.6. The Morgan fingerprint density at radius 1 is 1.37 bits per heavy atom. The number of rotatable bonds is 7. The third-order valence-corrected chi connectivity index (χ3v) is 5.62.